The Kier molecular flexibility index (Phi) is 8.10. The summed E-state index contributed by atoms with van der Waals surface area (Å²) in [6, 6.07) is 8.42. The Morgan fingerprint density at radius 3 is 2.42 bits per heavy atom. The van der Waals surface area contributed by atoms with Crippen molar-refractivity contribution < 1.29 is 9.59 Å². The van der Waals surface area contributed by atoms with Gasteiger partial charge in [0.2, 0.25) is 11.8 Å². The molecule has 2 rings (SSSR count). The van der Waals surface area contributed by atoms with Gasteiger partial charge in [0.25, 0.3) is 0 Å². The van der Waals surface area contributed by atoms with Crippen LogP contribution < -0.4 is 5.32 Å². The van der Waals surface area contributed by atoms with Crippen LogP contribution in [0.2, 0.25) is 0 Å². The van der Waals surface area contributed by atoms with E-state index in [0.717, 1.165) is 45.4 Å². The van der Waals surface area contributed by atoms with Crippen LogP contribution in [0.15, 0.2) is 24.3 Å². The Morgan fingerprint density at radius 2 is 1.85 bits per heavy atom. The van der Waals surface area contributed by atoms with Crippen molar-refractivity contribution in [1.82, 2.24) is 15.1 Å². The molecule has 0 bridgehead atoms. The summed E-state index contributed by atoms with van der Waals surface area (Å²) in [6.45, 7) is 10.4. The molecule has 0 spiro atoms. The van der Waals surface area contributed by atoms with Gasteiger partial charge in [-0.15, -0.1) is 0 Å². The highest BCUT2D eigenvalue weighted by Crippen LogP contribution is 2.17. The maximum Gasteiger partial charge on any atom is 0.237 e. The van der Waals surface area contributed by atoms with E-state index in [9.17, 15) is 9.59 Å². The topological polar surface area (TPSA) is 52.7 Å². The minimum Gasteiger partial charge on any atom is -0.356 e. The lowest BCUT2D eigenvalue weighted by Crippen LogP contribution is -2.44. The third kappa shape index (κ3) is 6.79. The highest BCUT2D eigenvalue weighted by molar-refractivity contribution is 5.78. The first-order valence-corrected chi connectivity index (χ1v) is 9.78. The number of nitrogens with zero attached hydrogens (tertiary/aromatic N) is 2. The predicted octanol–water partition coefficient (Wildman–Crippen LogP) is 2.58. The van der Waals surface area contributed by atoms with Crippen LogP contribution in [0.5, 0.6) is 0 Å². The third-order valence-corrected chi connectivity index (χ3v) is 5.05. The Labute approximate surface area is 157 Å². The number of likely N-dealkylation sites (tertiary alicyclic amines) is 1. The number of rotatable bonds is 8. The van der Waals surface area contributed by atoms with Crippen molar-refractivity contribution >= 4 is 11.8 Å². The van der Waals surface area contributed by atoms with E-state index < -0.39 is 0 Å². The highest BCUT2D eigenvalue weighted by Gasteiger charge is 2.23. The first-order valence-electron chi connectivity index (χ1n) is 9.78. The van der Waals surface area contributed by atoms with E-state index in [4.69, 9.17) is 0 Å². The molecular formula is C21H33N3O2. The second-order valence-electron chi connectivity index (χ2n) is 7.46. The molecule has 1 aromatic rings. The number of hydrogen-bond donors (Lipinski definition) is 1. The van der Waals surface area contributed by atoms with Gasteiger partial charge in [0, 0.05) is 26.6 Å². The van der Waals surface area contributed by atoms with Gasteiger partial charge >= 0.3 is 0 Å². The van der Waals surface area contributed by atoms with Gasteiger partial charge in [0.05, 0.1) is 6.54 Å². The molecule has 5 nitrogen and oxygen atoms in total. The molecule has 1 aromatic carbocycles. The largest absolute Gasteiger partial charge is 0.356 e. The number of benzene rings is 1. The lowest BCUT2D eigenvalue weighted by atomic mass is 9.97. The number of nitrogens with one attached hydrogen (secondary N) is 1. The molecule has 1 aliphatic rings. The van der Waals surface area contributed by atoms with Gasteiger partial charge in [0.1, 0.15) is 0 Å². The molecular weight excluding hydrogens is 326 g/mol. The van der Waals surface area contributed by atoms with Crippen molar-refractivity contribution in [1.29, 1.82) is 0 Å². The maximum absolute atomic E-state index is 12.8. The van der Waals surface area contributed by atoms with E-state index in [1.165, 1.54) is 11.1 Å². The van der Waals surface area contributed by atoms with Gasteiger partial charge in [0.15, 0.2) is 0 Å². The van der Waals surface area contributed by atoms with Gasteiger partial charge in [-0.3, -0.25) is 14.5 Å². The highest BCUT2D eigenvalue weighted by atomic mass is 16.2. The van der Waals surface area contributed by atoms with Crippen molar-refractivity contribution in [3.05, 3.63) is 35.4 Å². The Morgan fingerprint density at radius 1 is 1.19 bits per heavy atom. The van der Waals surface area contributed by atoms with Crippen LogP contribution in [0.1, 0.15) is 44.2 Å². The zero-order valence-corrected chi connectivity index (χ0v) is 16.5. The van der Waals surface area contributed by atoms with E-state index in [1.54, 1.807) is 6.92 Å². The smallest absolute Gasteiger partial charge is 0.237 e. The minimum atomic E-state index is 0.0360. The van der Waals surface area contributed by atoms with Crippen LogP contribution >= 0.6 is 0 Å². The third-order valence-electron chi connectivity index (χ3n) is 5.05. The lowest BCUT2D eigenvalue weighted by Gasteiger charge is -2.33. The van der Waals surface area contributed by atoms with Crippen molar-refractivity contribution in [2.45, 2.75) is 46.6 Å². The molecule has 0 unspecified atom stereocenters. The molecule has 0 radical (unpaired) electrons. The van der Waals surface area contributed by atoms with E-state index in [0.29, 0.717) is 19.0 Å². The first kappa shape index (κ1) is 20.4. The van der Waals surface area contributed by atoms with Crippen molar-refractivity contribution in [3.63, 3.8) is 0 Å². The number of piperidine rings is 1. The van der Waals surface area contributed by atoms with Gasteiger partial charge in [-0.05, 0) is 50.8 Å². The summed E-state index contributed by atoms with van der Waals surface area (Å²) in [4.78, 5) is 28.1. The molecule has 0 atom stereocenters. The second-order valence-corrected chi connectivity index (χ2v) is 7.46. The summed E-state index contributed by atoms with van der Waals surface area (Å²) in [5, 5.41) is 2.90. The SMILES string of the molecule is CCCN(Cc1ccc(C)cc1)C(=O)CN1CCC(CNC(C)=O)CC1. The Bertz CT molecular complexity index is 577. The van der Waals surface area contributed by atoms with E-state index in [1.807, 2.05) is 4.90 Å². The van der Waals surface area contributed by atoms with Crippen molar-refractivity contribution in [2.75, 3.05) is 32.7 Å². The van der Waals surface area contributed by atoms with Crippen LogP contribution in [0, 0.1) is 12.8 Å². The van der Waals surface area contributed by atoms with Crippen LogP contribution in [-0.2, 0) is 16.1 Å². The number of carbonyl (C=O) groups is 2. The average Bonchev–Trinajstić information content (AvgIpc) is 2.62. The molecule has 0 saturated carbocycles. The van der Waals surface area contributed by atoms with Gasteiger partial charge in [-0.25, -0.2) is 0 Å². The fourth-order valence-electron chi connectivity index (χ4n) is 3.40. The summed E-state index contributed by atoms with van der Waals surface area (Å²) in [5.74, 6) is 0.784. The van der Waals surface area contributed by atoms with Crippen LogP contribution in [0.25, 0.3) is 0 Å². The van der Waals surface area contributed by atoms with Gasteiger partial charge < -0.3 is 10.2 Å². The molecule has 1 saturated heterocycles. The van der Waals surface area contributed by atoms with E-state index in [2.05, 4.69) is 48.3 Å². The average molecular weight is 360 g/mol. The van der Waals surface area contributed by atoms with E-state index >= 15 is 0 Å². The molecule has 1 aliphatic heterocycles. The normalized spacial score (nSPS) is 15.7. The zero-order valence-electron chi connectivity index (χ0n) is 16.5. The second kappa shape index (κ2) is 10.3. The summed E-state index contributed by atoms with van der Waals surface area (Å²) >= 11 is 0. The lowest BCUT2D eigenvalue weighted by molar-refractivity contribution is -0.133. The van der Waals surface area contributed by atoms with Crippen LogP contribution in [0.4, 0.5) is 0 Å². The quantitative estimate of drug-likeness (QED) is 0.776. The molecule has 1 N–H and O–H groups in total. The molecule has 144 valence electrons. The zero-order chi connectivity index (χ0) is 18.9. The van der Waals surface area contributed by atoms with Crippen LogP contribution in [-0.4, -0.2) is 54.3 Å². The predicted molar refractivity (Wildman–Crippen MR) is 105 cm³/mol. The molecule has 1 heterocycles. The summed E-state index contributed by atoms with van der Waals surface area (Å²) in [7, 11) is 0. The van der Waals surface area contributed by atoms with Crippen molar-refractivity contribution in [2.24, 2.45) is 5.92 Å². The fraction of sp³-hybridized carbons (Fsp3) is 0.619. The Balaban J connectivity index is 1.82. The number of amides is 2. The number of aryl methyl sites for hydroxylation is 1. The molecule has 26 heavy (non-hydrogen) atoms. The fourth-order valence-corrected chi connectivity index (χ4v) is 3.40. The van der Waals surface area contributed by atoms with Gasteiger partial charge in [-0.1, -0.05) is 36.8 Å². The van der Waals surface area contributed by atoms with Gasteiger partial charge in [-0.2, -0.15) is 0 Å². The summed E-state index contributed by atoms with van der Waals surface area (Å²) in [6.07, 6.45) is 3.05. The molecule has 5 heteroatoms. The van der Waals surface area contributed by atoms with Crippen molar-refractivity contribution in [3.8, 4) is 0 Å². The molecule has 0 aromatic heterocycles. The standard InChI is InChI=1S/C21H33N3O2/c1-4-11-24(15-20-7-5-17(2)6-8-20)21(26)16-23-12-9-19(10-13-23)14-22-18(3)25/h5-8,19H,4,9-16H2,1-3H3,(H,22,25). The minimum absolute atomic E-state index is 0.0360. The summed E-state index contributed by atoms with van der Waals surface area (Å²) in [5.41, 5.74) is 2.43. The van der Waals surface area contributed by atoms with E-state index in [-0.39, 0.29) is 11.8 Å². The molecule has 0 aliphatic carbocycles. The Hall–Kier alpha value is -1.88. The number of hydrogen-bond acceptors (Lipinski definition) is 3. The van der Waals surface area contributed by atoms with Crippen LogP contribution in [0.3, 0.4) is 0 Å². The molecule has 2 amide bonds. The number of carbonyl (C=O) groups excluding carboxylic acids is 2. The monoisotopic (exact) mass is 359 g/mol. The summed E-state index contributed by atoms with van der Waals surface area (Å²) < 4.78 is 0. The maximum atomic E-state index is 12.8. The molecule has 1 fully saturated rings. The first-order chi connectivity index (χ1) is 12.5.